The van der Waals surface area contributed by atoms with Crippen LogP contribution in [0.15, 0.2) is 29.3 Å². The first-order valence-electron chi connectivity index (χ1n) is 7.98. The summed E-state index contributed by atoms with van der Waals surface area (Å²) < 4.78 is 10.2. The second-order valence-electron chi connectivity index (χ2n) is 5.88. The topological polar surface area (TPSA) is 85.2 Å². The molecule has 0 fully saturated rings. The molecule has 1 atom stereocenters. The lowest BCUT2D eigenvalue weighted by molar-refractivity contribution is -0.154. The summed E-state index contributed by atoms with van der Waals surface area (Å²) in [5.41, 5.74) is -0.456. The molecule has 1 rings (SSSR count). The number of carbonyl (C=O) groups is 2. The van der Waals surface area contributed by atoms with Crippen molar-refractivity contribution in [3.05, 3.63) is 29.8 Å². The summed E-state index contributed by atoms with van der Waals surface area (Å²) in [5, 5.41) is 9.30. The summed E-state index contributed by atoms with van der Waals surface area (Å²) >= 11 is 0. The highest BCUT2D eigenvalue weighted by molar-refractivity contribution is 5.87. The van der Waals surface area contributed by atoms with Crippen molar-refractivity contribution >= 4 is 18.2 Å². The minimum absolute atomic E-state index is 0.0739. The molecule has 0 heterocycles. The number of carbonyl (C=O) groups excluding carboxylic acids is 2. The van der Waals surface area contributed by atoms with E-state index in [9.17, 15) is 14.7 Å². The van der Waals surface area contributed by atoms with Gasteiger partial charge in [0.25, 0.3) is 0 Å². The third-order valence-electron chi connectivity index (χ3n) is 3.30. The molecule has 0 saturated carbocycles. The highest BCUT2D eigenvalue weighted by atomic mass is 16.5. The molecule has 0 aliphatic rings. The fourth-order valence-electron chi connectivity index (χ4n) is 1.92. The molecule has 132 valence electrons. The van der Waals surface area contributed by atoms with Crippen molar-refractivity contribution in [3.8, 4) is 5.75 Å². The molecule has 0 spiro atoms. The maximum Gasteiger partial charge on any atom is 0.333 e. The van der Waals surface area contributed by atoms with Crippen LogP contribution < -0.4 is 0 Å². The van der Waals surface area contributed by atoms with Crippen LogP contribution in [0.3, 0.4) is 0 Å². The molecule has 0 saturated heterocycles. The zero-order valence-corrected chi connectivity index (χ0v) is 14.6. The van der Waals surface area contributed by atoms with E-state index in [0.29, 0.717) is 6.61 Å². The molecule has 1 aromatic carbocycles. The predicted molar refractivity (Wildman–Crippen MR) is 91.2 cm³/mol. The maximum absolute atomic E-state index is 12.4. The number of hydrogen-bond donors (Lipinski definition) is 1. The van der Waals surface area contributed by atoms with Gasteiger partial charge in [-0.3, -0.25) is 9.79 Å². The molecule has 0 amide bonds. The van der Waals surface area contributed by atoms with Gasteiger partial charge < -0.3 is 14.6 Å². The molecule has 1 unspecified atom stereocenters. The van der Waals surface area contributed by atoms with Gasteiger partial charge >= 0.3 is 11.9 Å². The van der Waals surface area contributed by atoms with E-state index in [1.807, 2.05) is 0 Å². The van der Waals surface area contributed by atoms with Crippen molar-refractivity contribution in [1.82, 2.24) is 0 Å². The minimum Gasteiger partial charge on any atom is -0.508 e. The number of benzene rings is 1. The monoisotopic (exact) mass is 335 g/mol. The third-order valence-corrected chi connectivity index (χ3v) is 3.30. The summed E-state index contributed by atoms with van der Waals surface area (Å²) in [6.45, 7) is 7.17. The first-order chi connectivity index (χ1) is 11.3. The van der Waals surface area contributed by atoms with E-state index in [-0.39, 0.29) is 30.7 Å². The van der Waals surface area contributed by atoms with Crippen LogP contribution in [0.5, 0.6) is 5.75 Å². The predicted octanol–water partition coefficient (Wildman–Crippen LogP) is 2.86. The zero-order valence-electron chi connectivity index (χ0n) is 14.6. The molecule has 1 N–H and O–H groups in total. The van der Waals surface area contributed by atoms with Crippen LogP contribution in [-0.4, -0.2) is 41.5 Å². The fourth-order valence-corrected chi connectivity index (χ4v) is 1.92. The Bertz CT molecular complexity index is 580. The van der Waals surface area contributed by atoms with E-state index in [0.717, 1.165) is 5.56 Å². The standard InChI is InChI=1S/C18H25NO5/c1-5-23-16(21)10-11-18(4,17(22)24-13(2)3)19-12-14-6-8-15(20)9-7-14/h6-9,12-13,20H,5,10-11H2,1-4H3. The Morgan fingerprint density at radius 1 is 1.29 bits per heavy atom. The average molecular weight is 335 g/mol. The van der Waals surface area contributed by atoms with Crippen molar-refractivity contribution < 1.29 is 24.2 Å². The van der Waals surface area contributed by atoms with Gasteiger partial charge in [0.1, 0.15) is 5.75 Å². The van der Waals surface area contributed by atoms with E-state index in [1.54, 1.807) is 39.8 Å². The van der Waals surface area contributed by atoms with Gasteiger partial charge in [0, 0.05) is 12.6 Å². The lowest BCUT2D eigenvalue weighted by Crippen LogP contribution is -2.37. The second-order valence-corrected chi connectivity index (χ2v) is 5.88. The van der Waals surface area contributed by atoms with Crippen LogP contribution in [0.2, 0.25) is 0 Å². The van der Waals surface area contributed by atoms with Gasteiger partial charge in [-0.2, -0.15) is 0 Å². The Kier molecular flexibility index (Phi) is 7.42. The van der Waals surface area contributed by atoms with Crippen molar-refractivity contribution in [1.29, 1.82) is 0 Å². The first kappa shape index (κ1) is 19.7. The number of hydrogen-bond acceptors (Lipinski definition) is 6. The summed E-state index contributed by atoms with van der Waals surface area (Å²) in [6, 6.07) is 6.42. The normalized spacial score (nSPS) is 13.7. The number of phenolic OH excluding ortho intramolecular Hbond substituents is 1. The number of nitrogens with zero attached hydrogens (tertiary/aromatic N) is 1. The van der Waals surface area contributed by atoms with Crippen LogP contribution in [0, 0.1) is 0 Å². The second kappa shape index (κ2) is 9.05. The van der Waals surface area contributed by atoms with E-state index >= 15 is 0 Å². The molecule has 0 aromatic heterocycles. The molecule has 6 heteroatoms. The number of aliphatic imine (C=N–C) groups is 1. The summed E-state index contributed by atoms with van der Waals surface area (Å²) in [4.78, 5) is 28.3. The van der Waals surface area contributed by atoms with Crippen molar-refractivity contribution in [2.45, 2.75) is 52.2 Å². The smallest absolute Gasteiger partial charge is 0.333 e. The molecule has 0 bridgehead atoms. The quantitative estimate of drug-likeness (QED) is 0.583. The number of rotatable bonds is 8. The average Bonchev–Trinajstić information content (AvgIpc) is 2.52. The van der Waals surface area contributed by atoms with Crippen molar-refractivity contribution in [3.63, 3.8) is 0 Å². The zero-order chi connectivity index (χ0) is 18.2. The van der Waals surface area contributed by atoms with Crippen molar-refractivity contribution in [2.24, 2.45) is 4.99 Å². The Balaban J connectivity index is 2.92. The highest BCUT2D eigenvalue weighted by Gasteiger charge is 2.35. The van der Waals surface area contributed by atoms with Gasteiger partial charge in [0.15, 0.2) is 5.54 Å². The van der Waals surface area contributed by atoms with E-state index in [2.05, 4.69) is 4.99 Å². The largest absolute Gasteiger partial charge is 0.508 e. The number of ether oxygens (including phenoxy) is 2. The van der Waals surface area contributed by atoms with Crippen LogP contribution in [0.25, 0.3) is 0 Å². The Morgan fingerprint density at radius 3 is 2.46 bits per heavy atom. The molecule has 24 heavy (non-hydrogen) atoms. The Hall–Kier alpha value is -2.37. The maximum atomic E-state index is 12.4. The van der Waals surface area contributed by atoms with Gasteiger partial charge in [0.2, 0.25) is 0 Å². The molecule has 0 radical (unpaired) electrons. The molecule has 0 aliphatic carbocycles. The van der Waals surface area contributed by atoms with Gasteiger partial charge in [-0.05, 0) is 63.9 Å². The number of esters is 2. The van der Waals surface area contributed by atoms with Crippen LogP contribution in [-0.2, 0) is 19.1 Å². The summed E-state index contributed by atoms with van der Waals surface area (Å²) in [6.07, 6.45) is 1.52. The van der Waals surface area contributed by atoms with Gasteiger partial charge in [-0.1, -0.05) is 0 Å². The third kappa shape index (κ3) is 6.40. The molecular formula is C18H25NO5. The highest BCUT2D eigenvalue weighted by Crippen LogP contribution is 2.22. The number of phenols is 1. The van der Waals surface area contributed by atoms with Crippen LogP contribution >= 0.6 is 0 Å². The molecular weight excluding hydrogens is 310 g/mol. The molecule has 0 aliphatic heterocycles. The van der Waals surface area contributed by atoms with Crippen LogP contribution in [0.4, 0.5) is 0 Å². The Labute approximate surface area is 142 Å². The fraction of sp³-hybridized carbons (Fsp3) is 0.500. The molecule has 1 aromatic rings. The van der Waals surface area contributed by atoms with E-state index in [4.69, 9.17) is 9.47 Å². The molecule has 6 nitrogen and oxygen atoms in total. The van der Waals surface area contributed by atoms with Crippen molar-refractivity contribution in [2.75, 3.05) is 6.61 Å². The Morgan fingerprint density at radius 2 is 1.92 bits per heavy atom. The lowest BCUT2D eigenvalue weighted by Gasteiger charge is -2.24. The van der Waals surface area contributed by atoms with Gasteiger partial charge in [0.05, 0.1) is 12.7 Å². The van der Waals surface area contributed by atoms with Gasteiger partial charge in [-0.25, -0.2) is 4.79 Å². The van der Waals surface area contributed by atoms with Crippen LogP contribution in [0.1, 0.15) is 46.1 Å². The SMILES string of the molecule is CCOC(=O)CCC(C)(N=Cc1ccc(O)cc1)C(=O)OC(C)C. The first-order valence-corrected chi connectivity index (χ1v) is 7.98. The van der Waals surface area contributed by atoms with Gasteiger partial charge in [-0.15, -0.1) is 0 Å². The minimum atomic E-state index is -1.19. The number of aromatic hydroxyl groups is 1. The van der Waals surface area contributed by atoms with E-state index < -0.39 is 11.5 Å². The van der Waals surface area contributed by atoms with E-state index in [1.165, 1.54) is 18.3 Å². The lowest BCUT2D eigenvalue weighted by atomic mass is 9.96. The summed E-state index contributed by atoms with van der Waals surface area (Å²) in [7, 11) is 0. The summed E-state index contributed by atoms with van der Waals surface area (Å²) in [5.74, 6) is -0.714.